The molecule has 1 aromatic carbocycles. The first-order valence-electron chi connectivity index (χ1n) is 9.63. The average Bonchev–Trinajstić information content (AvgIpc) is 2.59. The second-order valence-electron chi connectivity index (χ2n) is 7.59. The van der Waals surface area contributed by atoms with Crippen LogP contribution in [-0.4, -0.2) is 32.2 Å². The van der Waals surface area contributed by atoms with E-state index in [4.69, 9.17) is 4.74 Å². The Morgan fingerprint density at radius 3 is 2.56 bits per heavy atom. The van der Waals surface area contributed by atoms with Gasteiger partial charge in [-0.05, 0) is 57.7 Å². The third-order valence-corrected chi connectivity index (χ3v) is 6.28. The van der Waals surface area contributed by atoms with Crippen molar-refractivity contribution in [3.8, 4) is 5.75 Å². The first-order chi connectivity index (χ1) is 12.7. The van der Waals surface area contributed by atoms with Gasteiger partial charge in [0.05, 0.1) is 11.4 Å². The highest BCUT2D eigenvalue weighted by Crippen LogP contribution is 2.14. The lowest BCUT2D eigenvalue weighted by molar-refractivity contribution is -0.121. The summed E-state index contributed by atoms with van der Waals surface area (Å²) in [5, 5.41) is 2.89. The van der Waals surface area contributed by atoms with Gasteiger partial charge >= 0.3 is 0 Å². The number of rotatable bonds is 12. The Labute approximate surface area is 164 Å². The number of amides is 1. The van der Waals surface area contributed by atoms with Crippen LogP contribution in [0.1, 0.15) is 65.4 Å². The van der Waals surface area contributed by atoms with Crippen molar-refractivity contribution in [3.05, 3.63) is 29.8 Å². The van der Waals surface area contributed by atoms with Crippen molar-refractivity contribution >= 4 is 15.9 Å². The van der Waals surface area contributed by atoms with E-state index < -0.39 is 14.8 Å². The van der Waals surface area contributed by atoms with Gasteiger partial charge in [0, 0.05) is 19.5 Å². The minimum Gasteiger partial charge on any atom is -0.494 e. The number of carbonyl (C=O) groups is 1. The number of benzene rings is 1. The number of sulfonamides is 1. The lowest BCUT2D eigenvalue weighted by Gasteiger charge is -2.19. The quantitative estimate of drug-likeness (QED) is 0.529. The molecule has 0 saturated heterocycles. The van der Waals surface area contributed by atoms with Crippen LogP contribution in [0.15, 0.2) is 24.3 Å². The number of carbonyl (C=O) groups excluding carboxylic acids is 1. The molecule has 27 heavy (non-hydrogen) atoms. The predicted molar refractivity (Wildman–Crippen MR) is 109 cm³/mol. The molecule has 7 heteroatoms. The van der Waals surface area contributed by atoms with Gasteiger partial charge in [0.2, 0.25) is 15.9 Å². The molecule has 2 N–H and O–H groups in total. The van der Waals surface area contributed by atoms with Crippen LogP contribution in [-0.2, 0) is 21.4 Å². The summed E-state index contributed by atoms with van der Waals surface area (Å²) in [5.41, 5.74) is 0.996. The molecule has 0 radical (unpaired) electrons. The summed E-state index contributed by atoms with van der Waals surface area (Å²) < 4.78 is 31.3. The number of nitrogens with one attached hydrogen (secondary N) is 2. The highest BCUT2D eigenvalue weighted by atomic mass is 32.2. The number of hydrogen-bond donors (Lipinski definition) is 2. The molecule has 0 spiro atoms. The molecule has 0 aliphatic rings. The summed E-state index contributed by atoms with van der Waals surface area (Å²) >= 11 is 0. The summed E-state index contributed by atoms with van der Waals surface area (Å²) in [6, 6.07) is 7.73. The molecule has 0 aliphatic heterocycles. The SMILES string of the molecule is CCCCOc1cccc(CNC(=O)CCCCNS(=O)(=O)C(C)(C)C)c1. The van der Waals surface area contributed by atoms with Gasteiger partial charge in [0.15, 0.2) is 0 Å². The molecule has 0 bridgehead atoms. The van der Waals surface area contributed by atoms with Crippen molar-refractivity contribution < 1.29 is 17.9 Å². The molecule has 0 atom stereocenters. The molecular weight excluding hydrogens is 364 g/mol. The Morgan fingerprint density at radius 1 is 1.15 bits per heavy atom. The lowest BCUT2D eigenvalue weighted by atomic mass is 10.2. The van der Waals surface area contributed by atoms with Gasteiger partial charge in [-0.1, -0.05) is 25.5 Å². The maximum atomic E-state index is 12.0. The van der Waals surface area contributed by atoms with Crippen LogP contribution in [0.4, 0.5) is 0 Å². The molecule has 6 nitrogen and oxygen atoms in total. The fourth-order valence-corrected chi connectivity index (χ4v) is 3.05. The highest BCUT2D eigenvalue weighted by molar-refractivity contribution is 7.90. The van der Waals surface area contributed by atoms with Gasteiger partial charge in [-0.25, -0.2) is 13.1 Å². The maximum absolute atomic E-state index is 12.0. The van der Waals surface area contributed by atoms with Gasteiger partial charge in [-0.15, -0.1) is 0 Å². The smallest absolute Gasteiger partial charge is 0.220 e. The van der Waals surface area contributed by atoms with Crippen LogP contribution in [0.3, 0.4) is 0 Å². The molecule has 0 fully saturated rings. The van der Waals surface area contributed by atoms with Gasteiger partial charge < -0.3 is 10.1 Å². The standard InChI is InChI=1S/C20H34N2O4S/c1-5-6-14-26-18-11-9-10-17(15-18)16-21-19(23)12-7-8-13-22-27(24,25)20(2,3)4/h9-11,15,22H,5-8,12-14,16H2,1-4H3,(H,21,23). The van der Waals surface area contributed by atoms with Crippen molar-refractivity contribution in [1.29, 1.82) is 0 Å². The Morgan fingerprint density at radius 2 is 1.89 bits per heavy atom. The fourth-order valence-electron chi connectivity index (χ4n) is 2.20. The first kappa shape index (κ1) is 23.4. The molecule has 154 valence electrons. The van der Waals surface area contributed by atoms with Gasteiger partial charge in [-0.3, -0.25) is 4.79 Å². The van der Waals surface area contributed by atoms with E-state index in [1.54, 1.807) is 20.8 Å². The second kappa shape index (κ2) is 11.3. The molecule has 0 heterocycles. The zero-order valence-corrected chi connectivity index (χ0v) is 17.8. The van der Waals surface area contributed by atoms with Crippen molar-refractivity contribution in [1.82, 2.24) is 10.0 Å². The van der Waals surface area contributed by atoms with Crippen molar-refractivity contribution in [2.45, 2.75) is 71.1 Å². The Balaban J connectivity index is 2.25. The summed E-state index contributed by atoms with van der Waals surface area (Å²) in [5.74, 6) is 0.785. The fraction of sp³-hybridized carbons (Fsp3) is 0.650. The minimum atomic E-state index is -3.32. The van der Waals surface area contributed by atoms with Crippen molar-refractivity contribution in [2.24, 2.45) is 0 Å². The predicted octanol–water partition coefficient (Wildman–Crippen LogP) is 3.37. The van der Waals surface area contributed by atoms with E-state index >= 15 is 0 Å². The molecule has 0 unspecified atom stereocenters. The molecule has 1 amide bonds. The molecule has 0 aliphatic carbocycles. The largest absolute Gasteiger partial charge is 0.494 e. The number of unbranched alkanes of at least 4 members (excludes halogenated alkanes) is 2. The van der Waals surface area contributed by atoms with Crippen LogP contribution < -0.4 is 14.8 Å². The number of ether oxygens (including phenoxy) is 1. The van der Waals surface area contributed by atoms with Crippen LogP contribution in [0, 0.1) is 0 Å². The van der Waals surface area contributed by atoms with Crippen LogP contribution >= 0.6 is 0 Å². The maximum Gasteiger partial charge on any atom is 0.220 e. The van der Waals surface area contributed by atoms with E-state index in [9.17, 15) is 13.2 Å². The topological polar surface area (TPSA) is 84.5 Å². The summed E-state index contributed by atoms with van der Waals surface area (Å²) in [7, 11) is -3.32. The van der Waals surface area contributed by atoms with Crippen LogP contribution in [0.25, 0.3) is 0 Å². The monoisotopic (exact) mass is 398 g/mol. The third kappa shape index (κ3) is 9.24. The second-order valence-corrected chi connectivity index (χ2v) is 10.1. The molecular formula is C20H34N2O4S. The van der Waals surface area contributed by atoms with Gasteiger partial charge in [-0.2, -0.15) is 0 Å². The lowest BCUT2D eigenvalue weighted by Crippen LogP contribution is -2.39. The Kier molecular flexibility index (Phi) is 9.80. The summed E-state index contributed by atoms with van der Waals surface area (Å²) in [6.07, 6.45) is 3.76. The minimum absolute atomic E-state index is 0.0361. The van der Waals surface area contributed by atoms with E-state index in [1.165, 1.54) is 0 Å². The number of hydrogen-bond acceptors (Lipinski definition) is 4. The zero-order chi connectivity index (χ0) is 20.3. The normalized spacial score (nSPS) is 12.0. The molecule has 0 aromatic heterocycles. The van der Waals surface area contributed by atoms with Gasteiger partial charge in [0.1, 0.15) is 5.75 Å². The highest BCUT2D eigenvalue weighted by Gasteiger charge is 2.27. The van der Waals surface area contributed by atoms with Crippen molar-refractivity contribution in [3.63, 3.8) is 0 Å². The third-order valence-electron chi connectivity index (χ3n) is 4.08. The summed E-state index contributed by atoms with van der Waals surface area (Å²) in [6.45, 7) is 8.61. The van der Waals surface area contributed by atoms with Crippen LogP contribution in [0.5, 0.6) is 5.75 Å². The van der Waals surface area contributed by atoms with Gasteiger partial charge in [0.25, 0.3) is 0 Å². The van der Waals surface area contributed by atoms with Crippen molar-refractivity contribution in [2.75, 3.05) is 13.2 Å². The van der Waals surface area contributed by atoms with E-state index in [2.05, 4.69) is 17.0 Å². The van der Waals surface area contributed by atoms with E-state index in [0.717, 1.165) is 24.2 Å². The summed E-state index contributed by atoms with van der Waals surface area (Å²) in [4.78, 5) is 12.0. The van der Waals surface area contributed by atoms with E-state index in [0.29, 0.717) is 39.0 Å². The average molecular weight is 399 g/mol. The first-order valence-corrected chi connectivity index (χ1v) is 11.1. The molecule has 1 rings (SSSR count). The molecule has 0 saturated carbocycles. The van der Waals surface area contributed by atoms with Crippen LogP contribution in [0.2, 0.25) is 0 Å². The Bertz CT molecular complexity index is 681. The zero-order valence-electron chi connectivity index (χ0n) is 17.0. The molecule has 1 aromatic rings. The van der Waals surface area contributed by atoms with E-state index in [1.807, 2.05) is 24.3 Å². The Hall–Kier alpha value is -1.60. The van der Waals surface area contributed by atoms with E-state index in [-0.39, 0.29) is 5.91 Å².